The maximum Gasteiger partial charge on any atom is 0.147 e. The highest BCUT2D eigenvalue weighted by molar-refractivity contribution is 6.32. The Labute approximate surface area is 125 Å². The first-order valence-corrected chi connectivity index (χ1v) is 7.09. The number of anilines is 1. The Balaban J connectivity index is 2.18. The predicted molar refractivity (Wildman–Crippen MR) is 85.3 cm³/mol. The van der Waals surface area contributed by atoms with E-state index in [0.717, 1.165) is 25.5 Å². The van der Waals surface area contributed by atoms with E-state index in [-0.39, 0.29) is 0 Å². The molecule has 0 aliphatic carbocycles. The van der Waals surface area contributed by atoms with Crippen LogP contribution in [0.25, 0.3) is 0 Å². The molecule has 3 nitrogen and oxygen atoms in total. The van der Waals surface area contributed by atoms with Gasteiger partial charge in [-0.05, 0) is 31.8 Å². The standard InChI is InChI=1S/C16H20ClN3/c1-19(2)11-12-20(13-14-7-4-3-5-8-14)16-15(17)9-6-10-18-16/h3-10H,11-13H2,1-2H3. The van der Waals surface area contributed by atoms with Gasteiger partial charge in [-0.2, -0.15) is 0 Å². The van der Waals surface area contributed by atoms with Crippen LogP contribution in [0.2, 0.25) is 5.02 Å². The van der Waals surface area contributed by atoms with Gasteiger partial charge in [-0.1, -0.05) is 41.9 Å². The molecule has 1 aromatic carbocycles. The minimum atomic E-state index is 0.696. The Morgan fingerprint density at radius 2 is 1.75 bits per heavy atom. The average molecular weight is 290 g/mol. The van der Waals surface area contributed by atoms with Gasteiger partial charge in [0, 0.05) is 25.8 Å². The van der Waals surface area contributed by atoms with Crippen LogP contribution in [0.4, 0.5) is 5.82 Å². The predicted octanol–water partition coefficient (Wildman–Crippen LogP) is 3.30. The Kier molecular flexibility index (Phi) is 5.39. The molecular formula is C16H20ClN3. The molecule has 20 heavy (non-hydrogen) atoms. The molecule has 0 aliphatic heterocycles. The summed E-state index contributed by atoms with van der Waals surface area (Å²) in [7, 11) is 4.14. The maximum atomic E-state index is 6.28. The largest absolute Gasteiger partial charge is 0.350 e. The zero-order valence-corrected chi connectivity index (χ0v) is 12.7. The average Bonchev–Trinajstić information content (AvgIpc) is 2.45. The van der Waals surface area contributed by atoms with Gasteiger partial charge in [0.15, 0.2) is 0 Å². The quantitative estimate of drug-likeness (QED) is 0.813. The molecule has 0 radical (unpaired) electrons. The second kappa shape index (κ2) is 7.27. The fourth-order valence-corrected chi connectivity index (χ4v) is 2.24. The first-order valence-electron chi connectivity index (χ1n) is 6.71. The Hall–Kier alpha value is -1.58. The number of nitrogens with zero attached hydrogens (tertiary/aromatic N) is 3. The van der Waals surface area contributed by atoms with E-state index in [1.165, 1.54) is 5.56 Å². The van der Waals surface area contributed by atoms with E-state index in [0.29, 0.717) is 5.02 Å². The van der Waals surface area contributed by atoms with E-state index < -0.39 is 0 Å². The van der Waals surface area contributed by atoms with Gasteiger partial charge in [0.25, 0.3) is 0 Å². The summed E-state index contributed by atoms with van der Waals surface area (Å²) in [6, 6.07) is 14.1. The second-order valence-corrected chi connectivity index (χ2v) is 5.43. The van der Waals surface area contributed by atoms with Gasteiger partial charge in [0.2, 0.25) is 0 Å². The summed E-state index contributed by atoms with van der Waals surface area (Å²) in [5.41, 5.74) is 1.26. The first kappa shape index (κ1) is 14.8. The summed E-state index contributed by atoms with van der Waals surface area (Å²) >= 11 is 6.28. The third kappa shape index (κ3) is 4.22. The van der Waals surface area contributed by atoms with E-state index in [1.54, 1.807) is 6.20 Å². The van der Waals surface area contributed by atoms with Crippen molar-refractivity contribution in [1.29, 1.82) is 0 Å². The molecule has 106 valence electrons. The van der Waals surface area contributed by atoms with Crippen molar-refractivity contribution in [1.82, 2.24) is 9.88 Å². The Morgan fingerprint density at radius 3 is 2.40 bits per heavy atom. The third-order valence-corrected chi connectivity index (χ3v) is 3.37. The lowest BCUT2D eigenvalue weighted by Gasteiger charge is -2.26. The number of pyridine rings is 1. The highest BCUT2D eigenvalue weighted by Gasteiger charge is 2.12. The summed E-state index contributed by atoms with van der Waals surface area (Å²) in [5, 5.41) is 0.696. The van der Waals surface area contributed by atoms with Crippen LogP contribution in [0.15, 0.2) is 48.7 Å². The molecule has 0 unspecified atom stereocenters. The fourth-order valence-electron chi connectivity index (χ4n) is 1.99. The van der Waals surface area contributed by atoms with Gasteiger partial charge in [-0.25, -0.2) is 4.98 Å². The van der Waals surface area contributed by atoms with Gasteiger partial charge in [0.05, 0.1) is 5.02 Å². The Bertz CT molecular complexity index is 528. The molecule has 2 aromatic rings. The normalized spacial score (nSPS) is 10.8. The van der Waals surface area contributed by atoms with Crippen molar-refractivity contribution in [3.05, 3.63) is 59.2 Å². The molecule has 0 atom stereocenters. The number of hydrogen-bond donors (Lipinski definition) is 0. The second-order valence-electron chi connectivity index (χ2n) is 5.02. The van der Waals surface area contributed by atoms with Crippen LogP contribution in [0.1, 0.15) is 5.56 Å². The van der Waals surface area contributed by atoms with Gasteiger partial charge in [0.1, 0.15) is 5.82 Å². The molecule has 0 amide bonds. The molecule has 4 heteroatoms. The number of rotatable bonds is 6. The summed E-state index contributed by atoms with van der Waals surface area (Å²) in [4.78, 5) is 8.81. The smallest absolute Gasteiger partial charge is 0.147 e. The van der Waals surface area contributed by atoms with Gasteiger partial charge in [-0.15, -0.1) is 0 Å². The summed E-state index contributed by atoms with van der Waals surface area (Å²) in [6.07, 6.45) is 1.79. The van der Waals surface area contributed by atoms with E-state index in [1.807, 2.05) is 18.2 Å². The van der Waals surface area contributed by atoms with Crippen LogP contribution < -0.4 is 4.90 Å². The summed E-state index contributed by atoms with van der Waals surface area (Å²) in [5.74, 6) is 0.847. The molecule has 0 saturated carbocycles. The number of halogens is 1. The fraction of sp³-hybridized carbons (Fsp3) is 0.312. The van der Waals surface area contributed by atoms with Crippen LogP contribution in [0.5, 0.6) is 0 Å². The minimum absolute atomic E-state index is 0.696. The molecule has 0 N–H and O–H groups in total. The zero-order valence-electron chi connectivity index (χ0n) is 12.0. The van der Waals surface area contributed by atoms with Crippen molar-refractivity contribution in [3.63, 3.8) is 0 Å². The van der Waals surface area contributed by atoms with Crippen molar-refractivity contribution in [3.8, 4) is 0 Å². The lowest BCUT2D eigenvalue weighted by molar-refractivity contribution is 0.412. The third-order valence-electron chi connectivity index (χ3n) is 3.07. The van der Waals surface area contributed by atoms with Crippen LogP contribution >= 0.6 is 11.6 Å². The summed E-state index contributed by atoms with van der Waals surface area (Å²) < 4.78 is 0. The molecule has 0 aliphatic rings. The van der Waals surface area contributed by atoms with E-state index in [2.05, 4.69) is 53.1 Å². The van der Waals surface area contributed by atoms with E-state index >= 15 is 0 Å². The van der Waals surface area contributed by atoms with E-state index in [4.69, 9.17) is 11.6 Å². The molecule has 0 fully saturated rings. The molecule has 1 aromatic heterocycles. The zero-order chi connectivity index (χ0) is 14.4. The number of benzene rings is 1. The van der Waals surface area contributed by atoms with Gasteiger partial charge in [-0.3, -0.25) is 0 Å². The van der Waals surface area contributed by atoms with Crippen LogP contribution in [-0.4, -0.2) is 37.1 Å². The number of aromatic nitrogens is 1. The van der Waals surface area contributed by atoms with Crippen molar-refractivity contribution < 1.29 is 0 Å². The van der Waals surface area contributed by atoms with Crippen LogP contribution in [0.3, 0.4) is 0 Å². The van der Waals surface area contributed by atoms with Gasteiger partial charge < -0.3 is 9.80 Å². The SMILES string of the molecule is CN(C)CCN(Cc1ccccc1)c1ncccc1Cl. The number of likely N-dealkylation sites (N-methyl/N-ethyl adjacent to an activating group) is 1. The van der Waals surface area contributed by atoms with Crippen LogP contribution in [-0.2, 0) is 6.54 Å². The lowest BCUT2D eigenvalue weighted by Crippen LogP contribution is -2.32. The van der Waals surface area contributed by atoms with Crippen molar-refractivity contribution in [2.75, 3.05) is 32.1 Å². The molecule has 1 heterocycles. The topological polar surface area (TPSA) is 19.4 Å². The molecule has 0 spiro atoms. The minimum Gasteiger partial charge on any atom is -0.350 e. The molecule has 0 bridgehead atoms. The number of hydrogen-bond acceptors (Lipinski definition) is 3. The lowest BCUT2D eigenvalue weighted by atomic mass is 10.2. The first-order chi connectivity index (χ1) is 9.66. The van der Waals surface area contributed by atoms with Crippen LogP contribution in [0, 0.1) is 0 Å². The highest BCUT2D eigenvalue weighted by atomic mass is 35.5. The monoisotopic (exact) mass is 289 g/mol. The summed E-state index contributed by atoms with van der Waals surface area (Å²) in [6.45, 7) is 2.66. The maximum absolute atomic E-state index is 6.28. The highest BCUT2D eigenvalue weighted by Crippen LogP contribution is 2.23. The van der Waals surface area contributed by atoms with Gasteiger partial charge >= 0.3 is 0 Å². The van der Waals surface area contributed by atoms with Crippen molar-refractivity contribution >= 4 is 17.4 Å². The van der Waals surface area contributed by atoms with Crippen molar-refractivity contribution in [2.45, 2.75) is 6.54 Å². The van der Waals surface area contributed by atoms with E-state index in [9.17, 15) is 0 Å². The van der Waals surface area contributed by atoms with Crippen molar-refractivity contribution in [2.24, 2.45) is 0 Å². The molecular weight excluding hydrogens is 270 g/mol. The molecule has 2 rings (SSSR count). The molecule has 0 saturated heterocycles. The Morgan fingerprint density at radius 1 is 1.00 bits per heavy atom.